The smallest absolute Gasteiger partial charge is 0.195 e. The highest BCUT2D eigenvalue weighted by molar-refractivity contribution is 9.10. The molecular weight excluding hydrogens is 196 g/mol. The van der Waals surface area contributed by atoms with Crippen LogP contribution in [0.2, 0.25) is 0 Å². The van der Waals surface area contributed by atoms with Gasteiger partial charge in [0.1, 0.15) is 6.33 Å². The van der Waals surface area contributed by atoms with Gasteiger partial charge >= 0.3 is 0 Å². The Balaban J connectivity index is 2.49. The molecule has 0 saturated carbocycles. The topological polar surface area (TPSA) is 56.7 Å². The van der Waals surface area contributed by atoms with Crippen LogP contribution in [-0.4, -0.2) is 21.3 Å². The first-order valence-corrected chi connectivity index (χ1v) is 3.87. The highest BCUT2D eigenvalue weighted by Crippen LogP contribution is 2.02. The predicted molar refractivity (Wildman–Crippen MR) is 41.4 cm³/mol. The number of nitrogens with two attached hydrogens (primary N) is 1. The van der Waals surface area contributed by atoms with Gasteiger partial charge in [-0.25, -0.2) is 9.67 Å². The van der Waals surface area contributed by atoms with Gasteiger partial charge < -0.3 is 5.73 Å². The molecule has 5 heteroatoms. The zero-order chi connectivity index (χ0) is 7.40. The van der Waals surface area contributed by atoms with E-state index in [1.807, 2.05) is 0 Å². The van der Waals surface area contributed by atoms with Gasteiger partial charge in [0.25, 0.3) is 0 Å². The standard InChI is InChI=1S/C5H9BrN4/c6-5-8-4-9-10(5)3-1-2-7/h4H,1-3,7H2. The van der Waals surface area contributed by atoms with Crippen molar-refractivity contribution in [1.29, 1.82) is 0 Å². The second-order valence-electron chi connectivity index (χ2n) is 1.89. The molecule has 0 aliphatic rings. The molecule has 0 atom stereocenters. The molecule has 0 fully saturated rings. The maximum atomic E-state index is 5.32. The summed E-state index contributed by atoms with van der Waals surface area (Å²) in [5, 5.41) is 3.96. The fraction of sp³-hybridized carbons (Fsp3) is 0.600. The van der Waals surface area contributed by atoms with Crippen LogP contribution in [0, 0.1) is 0 Å². The van der Waals surface area contributed by atoms with Crippen LogP contribution in [0.1, 0.15) is 6.42 Å². The van der Waals surface area contributed by atoms with Crippen LogP contribution in [0.15, 0.2) is 11.1 Å². The molecule has 10 heavy (non-hydrogen) atoms. The third-order valence-corrected chi connectivity index (χ3v) is 1.76. The lowest BCUT2D eigenvalue weighted by atomic mass is 10.4. The Hall–Kier alpha value is -0.420. The first-order chi connectivity index (χ1) is 4.84. The van der Waals surface area contributed by atoms with Crippen LogP contribution >= 0.6 is 15.9 Å². The highest BCUT2D eigenvalue weighted by atomic mass is 79.9. The largest absolute Gasteiger partial charge is 0.330 e. The highest BCUT2D eigenvalue weighted by Gasteiger charge is 1.96. The van der Waals surface area contributed by atoms with E-state index in [0.717, 1.165) is 17.7 Å². The number of aryl methyl sites for hydroxylation is 1. The summed E-state index contributed by atoms with van der Waals surface area (Å²) in [6.45, 7) is 1.52. The van der Waals surface area contributed by atoms with E-state index < -0.39 is 0 Å². The van der Waals surface area contributed by atoms with E-state index >= 15 is 0 Å². The Labute approximate surface area is 67.6 Å². The Kier molecular flexibility index (Phi) is 2.82. The van der Waals surface area contributed by atoms with Crippen molar-refractivity contribution in [1.82, 2.24) is 14.8 Å². The summed E-state index contributed by atoms with van der Waals surface area (Å²) in [6, 6.07) is 0. The molecule has 0 radical (unpaired) electrons. The van der Waals surface area contributed by atoms with E-state index in [0.29, 0.717) is 6.54 Å². The van der Waals surface area contributed by atoms with Crippen LogP contribution in [0.5, 0.6) is 0 Å². The molecule has 0 bridgehead atoms. The Morgan fingerprint density at radius 3 is 3.00 bits per heavy atom. The molecule has 1 rings (SSSR count). The Morgan fingerprint density at radius 1 is 1.70 bits per heavy atom. The van der Waals surface area contributed by atoms with Crippen LogP contribution in [0.3, 0.4) is 0 Å². The van der Waals surface area contributed by atoms with Crippen molar-refractivity contribution in [3.05, 3.63) is 11.1 Å². The van der Waals surface area contributed by atoms with Gasteiger partial charge in [0.05, 0.1) is 0 Å². The monoisotopic (exact) mass is 204 g/mol. The number of aromatic nitrogens is 3. The molecule has 0 aliphatic carbocycles. The quantitative estimate of drug-likeness (QED) is 0.776. The van der Waals surface area contributed by atoms with Crippen LogP contribution < -0.4 is 5.73 Å². The normalized spacial score (nSPS) is 10.2. The van der Waals surface area contributed by atoms with Crippen molar-refractivity contribution < 1.29 is 0 Å². The van der Waals surface area contributed by atoms with E-state index in [1.165, 1.54) is 6.33 Å². The number of nitrogens with zero attached hydrogens (tertiary/aromatic N) is 3. The van der Waals surface area contributed by atoms with Crippen molar-refractivity contribution in [3.63, 3.8) is 0 Å². The fourth-order valence-corrected chi connectivity index (χ4v) is 1.00. The number of hydrogen-bond donors (Lipinski definition) is 1. The average Bonchev–Trinajstić information content (AvgIpc) is 2.31. The molecule has 0 unspecified atom stereocenters. The zero-order valence-corrected chi connectivity index (χ0v) is 7.08. The molecule has 4 nitrogen and oxygen atoms in total. The first kappa shape index (κ1) is 7.68. The number of hydrogen-bond acceptors (Lipinski definition) is 3. The van der Waals surface area contributed by atoms with Gasteiger partial charge in [0.15, 0.2) is 4.73 Å². The van der Waals surface area contributed by atoms with Crippen molar-refractivity contribution >= 4 is 15.9 Å². The molecular formula is C5H9BrN4. The van der Waals surface area contributed by atoms with Crippen molar-refractivity contribution in [2.75, 3.05) is 6.54 Å². The first-order valence-electron chi connectivity index (χ1n) is 3.08. The lowest BCUT2D eigenvalue weighted by Gasteiger charge is -1.97. The molecule has 2 N–H and O–H groups in total. The molecule has 0 aromatic carbocycles. The number of rotatable bonds is 3. The van der Waals surface area contributed by atoms with Crippen molar-refractivity contribution in [3.8, 4) is 0 Å². The van der Waals surface area contributed by atoms with E-state index in [2.05, 4.69) is 26.0 Å². The maximum Gasteiger partial charge on any atom is 0.195 e. The minimum atomic E-state index is 0.687. The molecule has 0 amide bonds. The maximum absolute atomic E-state index is 5.32. The van der Waals surface area contributed by atoms with E-state index in [9.17, 15) is 0 Å². The van der Waals surface area contributed by atoms with Crippen LogP contribution in [-0.2, 0) is 6.54 Å². The summed E-state index contributed by atoms with van der Waals surface area (Å²) in [4.78, 5) is 3.90. The van der Waals surface area contributed by atoms with Crippen LogP contribution in [0.4, 0.5) is 0 Å². The molecule has 1 aromatic rings. The Bertz CT molecular complexity index is 197. The average molecular weight is 205 g/mol. The third-order valence-electron chi connectivity index (χ3n) is 1.14. The zero-order valence-electron chi connectivity index (χ0n) is 5.50. The summed E-state index contributed by atoms with van der Waals surface area (Å²) in [7, 11) is 0. The summed E-state index contributed by atoms with van der Waals surface area (Å²) < 4.78 is 2.54. The molecule has 1 aromatic heterocycles. The predicted octanol–water partition coefficient (Wildman–Crippen LogP) is 0.389. The minimum absolute atomic E-state index is 0.687. The van der Waals surface area contributed by atoms with Gasteiger partial charge in [-0.1, -0.05) is 0 Å². The molecule has 0 spiro atoms. The molecule has 1 heterocycles. The van der Waals surface area contributed by atoms with Gasteiger partial charge in [-0.15, -0.1) is 0 Å². The van der Waals surface area contributed by atoms with Gasteiger partial charge in [0, 0.05) is 6.54 Å². The fourth-order valence-electron chi connectivity index (χ4n) is 0.641. The van der Waals surface area contributed by atoms with Crippen LogP contribution in [0.25, 0.3) is 0 Å². The lowest BCUT2D eigenvalue weighted by Crippen LogP contribution is -2.06. The van der Waals surface area contributed by atoms with Gasteiger partial charge in [0.2, 0.25) is 0 Å². The minimum Gasteiger partial charge on any atom is -0.330 e. The molecule has 0 saturated heterocycles. The van der Waals surface area contributed by atoms with Gasteiger partial charge in [-0.05, 0) is 28.9 Å². The van der Waals surface area contributed by atoms with Crippen molar-refractivity contribution in [2.45, 2.75) is 13.0 Å². The van der Waals surface area contributed by atoms with E-state index in [1.54, 1.807) is 4.68 Å². The SMILES string of the molecule is NCCCn1ncnc1Br. The molecule has 0 aliphatic heterocycles. The van der Waals surface area contributed by atoms with Crippen molar-refractivity contribution in [2.24, 2.45) is 5.73 Å². The number of halogens is 1. The molecule has 56 valence electrons. The van der Waals surface area contributed by atoms with E-state index in [-0.39, 0.29) is 0 Å². The third kappa shape index (κ3) is 1.78. The second kappa shape index (κ2) is 3.68. The summed E-state index contributed by atoms with van der Waals surface area (Å²) >= 11 is 3.24. The van der Waals surface area contributed by atoms with Gasteiger partial charge in [-0.2, -0.15) is 5.10 Å². The van der Waals surface area contributed by atoms with E-state index in [4.69, 9.17) is 5.73 Å². The van der Waals surface area contributed by atoms with Gasteiger partial charge in [-0.3, -0.25) is 0 Å². The summed E-state index contributed by atoms with van der Waals surface area (Å²) in [6.07, 6.45) is 2.45. The summed E-state index contributed by atoms with van der Waals surface area (Å²) in [5.41, 5.74) is 5.32. The Morgan fingerprint density at radius 2 is 2.50 bits per heavy atom. The summed E-state index contributed by atoms with van der Waals surface area (Å²) in [5.74, 6) is 0. The lowest BCUT2D eigenvalue weighted by molar-refractivity contribution is 0.572. The second-order valence-corrected chi connectivity index (χ2v) is 2.60.